The van der Waals surface area contributed by atoms with E-state index in [0.717, 1.165) is 62.9 Å². The van der Waals surface area contributed by atoms with Gasteiger partial charge in [0, 0.05) is 57.1 Å². The first kappa shape index (κ1) is 71.7. The second kappa shape index (κ2) is 41.4. The van der Waals surface area contributed by atoms with E-state index in [1.165, 1.54) is 230 Å². The summed E-state index contributed by atoms with van der Waals surface area (Å²) in [6, 6.07) is 77.5. The van der Waals surface area contributed by atoms with E-state index in [0.29, 0.717) is 13.2 Å². The van der Waals surface area contributed by atoms with Gasteiger partial charge >= 0.3 is 0 Å². The summed E-state index contributed by atoms with van der Waals surface area (Å²) in [5.41, 5.74) is 20.0. The summed E-state index contributed by atoms with van der Waals surface area (Å²) in [4.78, 5) is 7.41. The number of benzene rings is 8. The molecular formula is C90H110N2O2S. The Hall–Kier alpha value is -7.54. The highest BCUT2D eigenvalue weighted by molar-refractivity contribution is 7.18. The predicted molar refractivity (Wildman–Crippen MR) is 414 cm³/mol. The molecule has 0 fully saturated rings. The van der Waals surface area contributed by atoms with Crippen LogP contribution in [0.15, 0.2) is 219 Å². The Bertz CT molecular complexity index is 3290. The van der Waals surface area contributed by atoms with Gasteiger partial charge in [0.05, 0.1) is 13.2 Å². The van der Waals surface area contributed by atoms with Crippen LogP contribution in [0.4, 0.5) is 34.1 Å². The zero-order chi connectivity index (χ0) is 65.8. The van der Waals surface area contributed by atoms with Crippen molar-refractivity contribution in [1.29, 1.82) is 0 Å². The Balaban J connectivity index is 0.806. The molecule has 0 spiro atoms. The van der Waals surface area contributed by atoms with Gasteiger partial charge in [-0.25, -0.2) is 0 Å². The van der Waals surface area contributed by atoms with Crippen molar-refractivity contribution >= 4 is 57.6 Å². The smallest absolute Gasteiger partial charge is 0.0716 e. The molecule has 9 aromatic rings. The highest BCUT2D eigenvalue weighted by Gasteiger charge is 2.17. The third-order valence-electron chi connectivity index (χ3n) is 18.8. The van der Waals surface area contributed by atoms with Gasteiger partial charge in [-0.05, 0) is 205 Å². The van der Waals surface area contributed by atoms with Crippen molar-refractivity contribution in [2.75, 3.05) is 23.0 Å². The Kier molecular flexibility index (Phi) is 31.3. The monoisotopic (exact) mass is 1280 g/mol. The molecule has 0 N–H and O–H groups in total. The van der Waals surface area contributed by atoms with Crippen molar-refractivity contribution in [2.45, 2.75) is 207 Å². The molecule has 0 amide bonds. The number of ether oxygens (including phenoxy) is 2. The summed E-state index contributed by atoms with van der Waals surface area (Å²) in [7, 11) is 0. The van der Waals surface area contributed by atoms with Gasteiger partial charge in [0.1, 0.15) is 0 Å². The summed E-state index contributed by atoms with van der Waals surface area (Å²) < 4.78 is 11.9. The SMILES string of the molecule is C=Cc1ccc(COCCCCCCCCc2ccc(N(c3ccc(CCCCCCCC)cc3)c3ccc(-c4ccc(-c5ccc(N(c6ccc(CCCCCCCC)cc6)c6ccc(CCCCCCCCOCc7ccc(C=C)cc7)cc6)cc5)s4)cc3)cc2)cc1. The minimum absolute atomic E-state index is 0.683. The molecule has 9 rings (SSSR count). The van der Waals surface area contributed by atoms with Crippen LogP contribution < -0.4 is 9.80 Å². The third-order valence-corrected chi connectivity index (χ3v) is 20.0. The van der Waals surface area contributed by atoms with Gasteiger partial charge in [0.2, 0.25) is 0 Å². The lowest BCUT2D eigenvalue weighted by Crippen LogP contribution is -2.10. The molecule has 0 aliphatic rings. The maximum atomic E-state index is 5.96. The number of unbranched alkanes of at least 4 members (excludes halogenated alkanes) is 20. The van der Waals surface area contributed by atoms with E-state index in [9.17, 15) is 0 Å². The van der Waals surface area contributed by atoms with E-state index >= 15 is 0 Å². The topological polar surface area (TPSA) is 24.9 Å². The fraction of sp³-hybridized carbons (Fsp3) is 0.378. The van der Waals surface area contributed by atoms with Gasteiger partial charge in [-0.2, -0.15) is 0 Å². The van der Waals surface area contributed by atoms with Crippen LogP contribution in [0.3, 0.4) is 0 Å². The summed E-state index contributed by atoms with van der Waals surface area (Å²) in [5.74, 6) is 0. The molecule has 0 radical (unpaired) electrons. The molecule has 4 nitrogen and oxygen atoms in total. The molecule has 0 saturated carbocycles. The van der Waals surface area contributed by atoms with Crippen molar-refractivity contribution in [1.82, 2.24) is 0 Å². The van der Waals surface area contributed by atoms with E-state index in [1.54, 1.807) is 0 Å². The van der Waals surface area contributed by atoms with Crippen molar-refractivity contribution < 1.29 is 9.47 Å². The Labute approximate surface area is 578 Å². The van der Waals surface area contributed by atoms with E-state index in [2.05, 4.69) is 243 Å². The van der Waals surface area contributed by atoms with Crippen molar-refractivity contribution in [2.24, 2.45) is 0 Å². The molecule has 0 atom stereocenters. The van der Waals surface area contributed by atoms with E-state index in [-0.39, 0.29) is 0 Å². The number of thiophene rings is 1. The standard InChI is InChI=1S/C90H110N2O2S/c1-5-9-11-13-19-25-31-75-43-55-83(56-44-75)91(85-59-47-77(48-60-85)33-27-21-15-17-23-29-69-93-71-79-39-35-73(7-3)36-40-79)87-63-51-81(52-64-87)89-67-68-90(95-89)82-53-65-88(66-54-82)92(84-57-45-76(46-58-84)32-26-20-14-12-10-6-2)86-61-49-78(50-62-86)34-28-22-16-18-24-30-70-94-72-80-41-37-74(8-4)38-42-80/h7-8,35-68H,3-6,9-34,69-72H2,1-2H3. The molecule has 0 bridgehead atoms. The summed E-state index contributed by atoms with van der Waals surface area (Å²) in [5, 5.41) is 0. The first-order valence-electron chi connectivity index (χ1n) is 36.8. The van der Waals surface area contributed by atoms with Gasteiger partial charge in [0.15, 0.2) is 0 Å². The number of hydrogen-bond acceptors (Lipinski definition) is 5. The van der Waals surface area contributed by atoms with Crippen LogP contribution in [0.2, 0.25) is 0 Å². The number of anilines is 6. The summed E-state index contributed by atoms with van der Waals surface area (Å²) in [6.45, 7) is 15.3. The highest BCUT2D eigenvalue weighted by atomic mass is 32.1. The molecule has 0 aliphatic heterocycles. The molecule has 0 aliphatic carbocycles. The molecule has 95 heavy (non-hydrogen) atoms. The number of rotatable bonds is 46. The van der Waals surface area contributed by atoms with E-state index in [1.807, 2.05) is 23.5 Å². The van der Waals surface area contributed by atoms with Crippen LogP contribution in [-0.4, -0.2) is 13.2 Å². The molecule has 8 aromatic carbocycles. The second-order valence-electron chi connectivity index (χ2n) is 26.4. The van der Waals surface area contributed by atoms with Gasteiger partial charge in [0.25, 0.3) is 0 Å². The molecular weight excluding hydrogens is 1170 g/mol. The molecule has 0 saturated heterocycles. The maximum Gasteiger partial charge on any atom is 0.0716 e. The quantitative estimate of drug-likeness (QED) is 0.0355. The van der Waals surface area contributed by atoms with E-state index in [4.69, 9.17) is 9.47 Å². The zero-order valence-corrected chi connectivity index (χ0v) is 58.8. The summed E-state index contributed by atoms with van der Waals surface area (Å²) in [6.07, 6.45) is 38.8. The van der Waals surface area contributed by atoms with Crippen molar-refractivity contribution in [3.05, 3.63) is 264 Å². The Morgan fingerprint density at radius 3 is 0.789 bits per heavy atom. The van der Waals surface area contributed by atoms with Gasteiger partial charge < -0.3 is 19.3 Å². The second-order valence-corrected chi connectivity index (χ2v) is 27.5. The Morgan fingerprint density at radius 1 is 0.274 bits per heavy atom. The highest BCUT2D eigenvalue weighted by Crippen LogP contribution is 2.41. The predicted octanol–water partition coefficient (Wildman–Crippen LogP) is 27.3. The maximum absolute atomic E-state index is 5.96. The van der Waals surface area contributed by atoms with Gasteiger partial charge in [-0.1, -0.05) is 276 Å². The van der Waals surface area contributed by atoms with Crippen molar-refractivity contribution in [3.8, 4) is 20.9 Å². The van der Waals surface area contributed by atoms with Gasteiger partial charge in [-0.3, -0.25) is 0 Å². The third kappa shape index (κ3) is 24.3. The minimum atomic E-state index is 0.683. The number of aryl methyl sites for hydroxylation is 4. The van der Waals surface area contributed by atoms with Crippen LogP contribution in [0.1, 0.15) is 212 Å². The molecule has 498 valence electrons. The lowest BCUT2D eigenvalue weighted by molar-refractivity contribution is 0.116. The Morgan fingerprint density at radius 2 is 0.516 bits per heavy atom. The van der Waals surface area contributed by atoms with Crippen LogP contribution in [0.5, 0.6) is 0 Å². The number of hydrogen-bond donors (Lipinski definition) is 0. The largest absolute Gasteiger partial charge is 0.377 e. The van der Waals surface area contributed by atoms with Crippen LogP contribution in [0.25, 0.3) is 33.0 Å². The molecule has 0 unspecified atom stereocenters. The van der Waals surface area contributed by atoms with Crippen molar-refractivity contribution in [3.63, 3.8) is 0 Å². The zero-order valence-electron chi connectivity index (χ0n) is 57.9. The van der Waals surface area contributed by atoms with Crippen LogP contribution >= 0.6 is 11.3 Å². The van der Waals surface area contributed by atoms with Gasteiger partial charge in [-0.15, -0.1) is 11.3 Å². The van der Waals surface area contributed by atoms with E-state index < -0.39 is 0 Å². The number of nitrogens with zero attached hydrogens (tertiary/aromatic N) is 2. The molecule has 1 heterocycles. The lowest BCUT2D eigenvalue weighted by atomic mass is 10.0. The van der Waals surface area contributed by atoms with Crippen LogP contribution in [0, 0.1) is 0 Å². The molecule has 5 heteroatoms. The average Bonchev–Trinajstić information content (AvgIpc) is 1.65. The fourth-order valence-electron chi connectivity index (χ4n) is 12.9. The minimum Gasteiger partial charge on any atom is -0.377 e. The first-order valence-corrected chi connectivity index (χ1v) is 37.6. The lowest BCUT2D eigenvalue weighted by Gasteiger charge is -2.26. The fourth-order valence-corrected chi connectivity index (χ4v) is 13.9. The summed E-state index contributed by atoms with van der Waals surface area (Å²) >= 11 is 1.87. The normalized spacial score (nSPS) is 11.3. The molecule has 1 aromatic heterocycles. The average molecular weight is 1280 g/mol. The first-order chi connectivity index (χ1) is 47.0. The van der Waals surface area contributed by atoms with Crippen LogP contribution in [-0.2, 0) is 48.4 Å².